The van der Waals surface area contributed by atoms with Gasteiger partial charge in [-0.15, -0.1) is 0 Å². The summed E-state index contributed by atoms with van der Waals surface area (Å²) in [6.07, 6.45) is 0. The quantitative estimate of drug-likeness (QED) is 0.566. The summed E-state index contributed by atoms with van der Waals surface area (Å²) in [6, 6.07) is 8.41. The van der Waals surface area contributed by atoms with E-state index in [1.807, 2.05) is 13.0 Å². The first-order valence-corrected chi connectivity index (χ1v) is 14.5. The average molecular weight is 326 g/mol. The maximum atomic E-state index is 5.58. The van der Waals surface area contributed by atoms with Crippen molar-refractivity contribution in [2.24, 2.45) is 0 Å². The van der Waals surface area contributed by atoms with Gasteiger partial charge in [0.25, 0.3) is 0 Å². The minimum atomic E-state index is -1.48. The molecule has 0 amide bonds. The van der Waals surface area contributed by atoms with Crippen LogP contribution in [0, 0.1) is 0 Å². The molecule has 0 unspecified atom stereocenters. The predicted octanol–water partition coefficient (Wildman–Crippen LogP) is 4.87. The first-order chi connectivity index (χ1) is 9.09. The Morgan fingerprint density at radius 1 is 1.05 bits per heavy atom. The van der Waals surface area contributed by atoms with Crippen molar-refractivity contribution in [1.82, 2.24) is 0 Å². The largest absolute Gasteiger partial charge is 0.483 e. The Hall–Kier alpha value is -0.656. The van der Waals surface area contributed by atoms with E-state index in [-0.39, 0.29) is 0 Å². The number of benzene rings is 1. The van der Waals surface area contributed by atoms with Crippen LogP contribution in [0.4, 0.5) is 5.69 Å². The molecule has 5 heteroatoms. The van der Waals surface area contributed by atoms with Gasteiger partial charge in [-0.1, -0.05) is 51.4 Å². The first-order valence-electron chi connectivity index (χ1n) is 7.15. The molecule has 0 aromatic heterocycles. The highest BCUT2D eigenvalue weighted by Gasteiger charge is 2.36. The summed E-state index contributed by atoms with van der Waals surface area (Å²) in [6.45, 7) is 17.0. The molecule has 0 fully saturated rings. The van der Waals surface area contributed by atoms with Crippen LogP contribution in [0.25, 0.3) is 0 Å². The Labute approximate surface area is 131 Å². The van der Waals surface area contributed by atoms with Crippen LogP contribution in [0.3, 0.4) is 0 Å². The minimum Gasteiger partial charge on any atom is -0.483 e. The van der Waals surface area contributed by atoms with Crippen LogP contribution in [-0.4, -0.2) is 28.1 Å². The monoisotopic (exact) mass is 325 g/mol. The van der Waals surface area contributed by atoms with Crippen molar-refractivity contribution < 1.29 is 4.74 Å². The van der Waals surface area contributed by atoms with E-state index in [0.717, 1.165) is 5.56 Å². The van der Waals surface area contributed by atoms with Crippen molar-refractivity contribution in [3.8, 4) is 0 Å². The molecule has 2 nitrogen and oxygen atoms in total. The average Bonchev–Trinajstić information content (AvgIpc) is 2.26. The van der Waals surface area contributed by atoms with Crippen molar-refractivity contribution >= 4 is 39.4 Å². The van der Waals surface area contributed by atoms with Crippen LogP contribution in [0.1, 0.15) is 12.5 Å². The molecule has 1 aromatic carbocycles. The second kappa shape index (κ2) is 6.41. The number of hydrogen-bond acceptors (Lipinski definition) is 3. The van der Waals surface area contributed by atoms with E-state index >= 15 is 0 Å². The number of hydrogen-bond donors (Lipinski definition) is 0. The maximum absolute atomic E-state index is 5.58. The van der Waals surface area contributed by atoms with Gasteiger partial charge in [0, 0.05) is 11.3 Å². The molecule has 0 atom stereocenters. The van der Waals surface area contributed by atoms with Gasteiger partial charge in [-0.05, 0) is 31.3 Å². The molecule has 0 saturated heterocycles. The second-order valence-electron chi connectivity index (χ2n) is 6.91. The van der Waals surface area contributed by atoms with Crippen LogP contribution in [0.15, 0.2) is 24.3 Å². The molecule has 0 N–H and O–H groups in total. The third-order valence-corrected chi connectivity index (χ3v) is 10.5. The predicted molar refractivity (Wildman–Crippen MR) is 98.9 cm³/mol. The number of thiocarbonyl (C=S) groups is 1. The maximum Gasteiger partial charge on any atom is 0.193 e. The van der Waals surface area contributed by atoms with Crippen LogP contribution >= 0.6 is 12.2 Å². The van der Waals surface area contributed by atoms with E-state index in [4.69, 9.17) is 17.0 Å². The number of nitrogens with zero attached hydrogens (tertiary/aromatic N) is 1. The van der Waals surface area contributed by atoms with Gasteiger partial charge >= 0.3 is 0 Å². The van der Waals surface area contributed by atoms with Crippen molar-refractivity contribution in [3.05, 3.63) is 29.8 Å². The Morgan fingerprint density at radius 2 is 1.55 bits per heavy atom. The second-order valence-corrected chi connectivity index (χ2v) is 17.3. The minimum absolute atomic E-state index is 0.615. The highest BCUT2D eigenvalue weighted by molar-refractivity contribution is 7.80. The number of rotatable bonds is 5. The van der Waals surface area contributed by atoms with Crippen molar-refractivity contribution in [3.63, 3.8) is 0 Å². The Morgan fingerprint density at radius 3 is 2.00 bits per heavy atom. The summed E-state index contributed by atoms with van der Waals surface area (Å²) in [5.41, 5.74) is 2.32. The molecular weight excluding hydrogens is 298 g/mol. The highest BCUT2D eigenvalue weighted by Crippen LogP contribution is 2.31. The topological polar surface area (TPSA) is 12.5 Å². The van der Waals surface area contributed by atoms with Gasteiger partial charge in [0.15, 0.2) is 5.05 Å². The molecule has 0 heterocycles. The molecule has 20 heavy (non-hydrogen) atoms. The van der Waals surface area contributed by atoms with E-state index in [2.05, 4.69) is 61.7 Å². The summed E-state index contributed by atoms with van der Waals surface area (Å²) < 4.78 is 8.26. The van der Waals surface area contributed by atoms with Crippen molar-refractivity contribution in [2.75, 3.05) is 10.8 Å². The van der Waals surface area contributed by atoms with E-state index in [9.17, 15) is 0 Å². The van der Waals surface area contributed by atoms with Crippen molar-refractivity contribution in [2.45, 2.75) is 46.2 Å². The standard InChI is InChI=1S/C15H27NOSSi2/c1-8-17-15(18)13-11-9-10-12-14(13)16(19(2,3)4)20(5,6)7/h9-12H,8H2,1-7H3. The molecular formula is C15H27NOSSi2. The van der Waals surface area contributed by atoms with E-state index in [1.54, 1.807) is 0 Å². The Balaban J connectivity index is 3.39. The van der Waals surface area contributed by atoms with Crippen LogP contribution in [0.2, 0.25) is 39.3 Å². The fraction of sp³-hybridized carbons (Fsp3) is 0.533. The lowest BCUT2D eigenvalue weighted by atomic mass is 10.2. The number of ether oxygens (including phenoxy) is 1. The fourth-order valence-corrected chi connectivity index (χ4v) is 13.0. The summed E-state index contributed by atoms with van der Waals surface area (Å²) in [5, 5.41) is 0.615. The molecule has 0 aliphatic heterocycles. The molecule has 1 rings (SSSR count). The smallest absolute Gasteiger partial charge is 0.193 e. The highest BCUT2D eigenvalue weighted by atomic mass is 32.1. The number of anilines is 1. The summed E-state index contributed by atoms with van der Waals surface area (Å²) in [5.74, 6) is 0. The Bertz CT molecular complexity index is 463. The Kier molecular flexibility index (Phi) is 5.57. The first kappa shape index (κ1) is 17.4. The third kappa shape index (κ3) is 4.17. The fourth-order valence-electron chi connectivity index (χ4n) is 2.78. The summed E-state index contributed by atoms with van der Waals surface area (Å²) >= 11 is 5.45. The van der Waals surface area contributed by atoms with Crippen LogP contribution < -0.4 is 4.23 Å². The van der Waals surface area contributed by atoms with Gasteiger partial charge < -0.3 is 8.97 Å². The van der Waals surface area contributed by atoms with Gasteiger partial charge in [-0.3, -0.25) is 0 Å². The zero-order valence-electron chi connectivity index (χ0n) is 13.8. The lowest BCUT2D eigenvalue weighted by molar-refractivity contribution is 0.338. The zero-order valence-corrected chi connectivity index (χ0v) is 16.6. The van der Waals surface area contributed by atoms with E-state index in [0.29, 0.717) is 11.7 Å². The molecule has 0 saturated carbocycles. The zero-order chi connectivity index (χ0) is 15.6. The molecule has 0 spiro atoms. The van der Waals surface area contributed by atoms with Gasteiger partial charge in [0.1, 0.15) is 16.5 Å². The lowest BCUT2D eigenvalue weighted by Gasteiger charge is -2.46. The summed E-state index contributed by atoms with van der Waals surface area (Å²) in [4.78, 5) is 0. The van der Waals surface area contributed by atoms with Crippen molar-refractivity contribution in [1.29, 1.82) is 0 Å². The lowest BCUT2D eigenvalue weighted by Crippen LogP contribution is -2.60. The van der Waals surface area contributed by atoms with Crippen LogP contribution in [0.5, 0.6) is 0 Å². The van der Waals surface area contributed by atoms with Gasteiger partial charge in [-0.2, -0.15) is 0 Å². The molecule has 0 aliphatic carbocycles. The molecule has 0 bridgehead atoms. The number of para-hydroxylation sites is 1. The third-order valence-electron chi connectivity index (χ3n) is 2.98. The SMILES string of the molecule is CCOC(=S)c1ccccc1N([Si](C)(C)C)[Si](C)(C)C. The van der Waals surface area contributed by atoms with E-state index < -0.39 is 16.5 Å². The van der Waals surface area contributed by atoms with Gasteiger partial charge in [0.05, 0.1) is 6.61 Å². The van der Waals surface area contributed by atoms with Gasteiger partial charge in [0.2, 0.25) is 0 Å². The molecule has 0 radical (unpaired) electrons. The molecule has 0 aliphatic rings. The normalized spacial score (nSPS) is 12.2. The summed E-state index contributed by atoms with van der Waals surface area (Å²) in [7, 11) is -2.97. The molecule has 1 aromatic rings. The van der Waals surface area contributed by atoms with E-state index in [1.165, 1.54) is 5.69 Å². The van der Waals surface area contributed by atoms with Crippen LogP contribution in [-0.2, 0) is 4.74 Å². The molecule has 112 valence electrons. The van der Waals surface area contributed by atoms with Gasteiger partial charge in [-0.25, -0.2) is 0 Å².